The van der Waals surface area contributed by atoms with Crippen LogP contribution >= 0.6 is 0 Å². The lowest BCUT2D eigenvalue weighted by Crippen LogP contribution is -2.25. The summed E-state index contributed by atoms with van der Waals surface area (Å²) in [4.78, 5) is 0. The summed E-state index contributed by atoms with van der Waals surface area (Å²) in [5.41, 5.74) is 0. The van der Waals surface area contributed by atoms with Gasteiger partial charge >= 0.3 is 0 Å². The van der Waals surface area contributed by atoms with Crippen LogP contribution < -0.4 is 5.32 Å². The van der Waals surface area contributed by atoms with Gasteiger partial charge in [-0.2, -0.15) is 0 Å². The van der Waals surface area contributed by atoms with E-state index >= 15 is 0 Å². The third-order valence-electron chi connectivity index (χ3n) is 2.92. The molecule has 1 nitrogen and oxygen atoms in total. The average molecular weight is 181 g/mol. The molecule has 1 aliphatic rings. The predicted octanol–water partition coefficient (Wildman–Crippen LogP) is 3.12. The van der Waals surface area contributed by atoms with Crippen molar-refractivity contribution in [3.8, 4) is 0 Å². The SMILES string of the molecule is C=CCCCNCC1CCCCC1. The minimum absolute atomic E-state index is 0.970. The molecule has 13 heavy (non-hydrogen) atoms. The molecule has 0 heterocycles. The molecule has 0 radical (unpaired) electrons. The van der Waals surface area contributed by atoms with E-state index in [0.717, 1.165) is 12.3 Å². The fourth-order valence-electron chi connectivity index (χ4n) is 2.07. The molecule has 0 bridgehead atoms. The Morgan fingerprint density at radius 3 is 2.69 bits per heavy atom. The van der Waals surface area contributed by atoms with Gasteiger partial charge in [-0.3, -0.25) is 0 Å². The molecular weight excluding hydrogens is 158 g/mol. The van der Waals surface area contributed by atoms with Crippen LogP contribution in [-0.2, 0) is 0 Å². The highest BCUT2D eigenvalue weighted by atomic mass is 14.8. The summed E-state index contributed by atoms with van der Waals surface area (Å²) in [6.07, 6.45) is 11.7. The quantitative estimate of drug-likeness (QED) is 0.490. The Hall–Kier alpha value is -0.300. The molecule has 0 aliphatic heterocycles. The van der Waals surface area contributed by atoms with E-state index in [0.29, 0.717) is 0 Å². The van der Waals surface area contributed by atoms with Crippen molar-refractivity contribution in [2.24, 2.45) is 5.92 Å². The second-order valence-electron chi connectivity index (χ2n) is 4.14. The minimum Gasteiger partial charge on any atom is -0.316 e. The number of allylic oxidation sites excluding steroid dienone is 1. The van der Waals surface area contributed by atoms with E-state index in [2.05, 4.69) is 11.9 Å². The van der Waals surface area contributed by atoms with Gasteiger partial charge in [0.15, 0.2) is 0 Å². The molecule has 0 saturated heterocycles. The van der Waals surface area contributed by atoms with Crippen LogP contribution in [-0.4, -0.2) is 13.1 Å². The van der Waals surface area contributed by atoms with E-state index in [9.17, 15) is 0 Å². The maximum Gasteiger partial charge on any atom is -0.00205 e. The van der Waals surface area contributed by atoms with Crippen molar-refractivity contribution in [1.82, 2.24) is 5.32 Å². The Bertz CT molecular complexity index is 125. The summed E-state index contributed by atoms with van der Waals surface area (Å²) in [5, 5.41) is 3.54. The largest absolute Gasteiger partial charge is 0.316 e. The van der Waals surface area contributed by atoms with Gasteiger partial charge in [0.1, 0.15) is 0 Å². The summed E-state index contributed by atoms with van der Waals surface area (Å²) in [5.74, 6) is 0.970. The average Bonchev–Trinajstić information content (AvgIpc) is 2.19. The molecule has 76 valence electrons. The fraction of sp³-hybridized carbons (Fsp3) is 0.833. The molecule has 0 amide bonds. The molecule has 1 N–H and O–H groups in total. The molecule has 0 unspecified atom stereocenters. The number of hydrogen-bond acceptors (Lipinski definition) is 1. The Balaban J connectivity index is 1.89. The molecule has 0 atom stereocenters. The normalized spacial score (nSPS) is 18.8. The van der Waals surface area contributed by atoms with Crippen LogP contribution in [0.1, 0.15) is 44.9 Å². The molecule has 1 aliphatic carbocycles. The van der Waals surface area contributed by atoms with Crippen molar-refractivity contribution in [1.29, 1.82) is 0 Å². The lowest BCUT2D eigenvalue weighted by Gasteiger charge is -2.21. The number of nitrogens with one attached hydrogen (secondary N) is 1. The third-order valence-corrected chi connectivity index (χ3v) is 2.92. The van der Waals surface area contributed by atoms with E-state index in [4.69, 9.17) is 0 Å². The number of unbranched alkanes of at least 4 members (excludes halogenated alkanes) is 1. The first-order valence-corrected chi connectivity index (χ1v) is 5.75. The van der Waals surface area contributed by atoms with Crippen LogP contribution in [0.4, 0.5) is 0 Å². The molecular formula is C12H23N. The van der Waals surface area contributed by atoms with Crippen molar-refractivity contribution < 1.29 is 0 Å². The predicted molar refractivity (Wildman–Crippen MR) is 58.9 cm³/mol. The Morgan fingerprint density at radius 1 is 1.23 bits per heavy atom. The summed E-state index contributed by atoms with van der Waals surface area (Å²) >= 11 is 0. The molecule has 1 rings (SSSR count). The third kappa shape index (κ3) is 5.09. The van der Waals surface area contributed by atoms with Gasteiger partial charge in [-0.25, -0.2) is 0 Å². The molecule has 0 aromatic heterocycles. The summed E-state index contributed by atoms with van der Waals surface area (Å²) in [7, 11) is 0. The summed E-state index contributed by atoms with van der Waals surface area (Å²) < 4.78 is 0. The Kier molecular flexibility index (Phi) is 5.92. The fourth-order valence-corrected chi connectivity index (χ4v) is 2.07. The molecule has 1 heteroatoms. The zero-order valence-electron chi connectivity index (χ0n) is 8.73. The lowest BCUT2D eigenvalue weighted by molar-refractivity contribution is 0.342. The molecule has 0 spiro atoms. The maximum absolute atomic E-state index is 3.72. The van der Waals surface area contributed by atoms with Crippen molar-refractivity contribution in [2.75, 3.05) is 13.1 Å². The minimum atomic E-state index is 0.970. The van der Waals surface area contributed by atoms with Gasteiger partial charge < -0.3 is 5.32 Å². The smallest absolute Gasteiger partial charge is 0.00205 e. The van der Waals surface area contributed by atoms with E-state index < -0.39 is 0 Å². The monoisotopic (exact) mass is 181 g/mol. The van der Waals surface area contributed by atoms with Gasteiger partial charge in [-0.15, -0.1) is 6.58 Å². The highest BCUT2D eigenvalue weighted by Crippen LogP contribution is 2.22. The first kappa shape index (κ1) is 10.8. The molecule has 0 aromatic rings. The highest BCUT2D eigenvalue weighted by molar-refractivity contribution is 4.69. The Morgan fingerprint density at radius 2 is 2.00 bits per heavy atom. The van der Waals surface area contributed by atoms with E-state index in [-0.39, 0.29) is 0 Å². The summed E-state index contributed by atoms with van der Waals surface area (Å²) in [6.45, 7) is 6.14. The topological polar surface area (TPSA) is 12.0 Å². The van der Waals surface area contributed by atoms with Crippen molar-refractivity contribution in [3.63, 3.8) is 0 Å². The maximum atomic E-state index is 3.72. The number of hydrogen-bond donors (Lipinski definition) is 1. The highest BCUT2D eigenvalue weighted by Gasteiger charge is 2.11. The van der Waals surface area contributed by atoms with Crippen molar-refractivity contribution in [2.45, 2.75) is 44.9 Å². The van der Waals surface area contributed by atoms with Crippen LogP contribution in [0.5, 0.6) is 0 Å². The second kappa shape index (κ2) is 7.14. The first-order chi connectivity index (χ1) is 6.43. The van der Waals surface area contributed by atoms with Crippen LogP contribution in [0.15, 0.2) is 12.7 Å². The lowest BCUT2D eigenvalue weighted by atomic mass is 9.89. The summed E-state index contributed by atoms with van der Waals surface area (Å²) in [6, 6.07) is 0. The molecule has 0 aromatic carbocycles. The van der Waals surface area contributed by atoms with Crippen LogP contribution in [0.25, 0.3) is 0 Å². The standard InChI is InChI=1S/C12H23N/c1-2-3-7-10-13-11-12-8-5-4-6-9-12/h2,12-13H,1,3-11H2. The van der Waals surface area contributed by atoms with Crippen molar-refractivity contribution in [3.05, 3.63) is 12.7 Å². The van der Waals surface area contributed by atoms with Gasteiger partial charge in [0.2, 0.25) is 0 Å². The Labute approximate surface area is 82.6 Å². The van der Waals surface area contributed by atoms with E-state index in [1.807, 2.05) is 6.08 Å². The molecule has 1 fully saturated rings. The van der Waals surface area contributed by atoms with Gasteiger partial charge in [0.25, 0.3) is 0 Å². The van der Waals surface area contributed by atoms with Crippen LogP contribution in [0, 0.1) is 5.92 Å². The van der Waals surface area contributed by atoms with Crippen molar-refractivity contribution >= 4 is 0 Å². The van der Waals surface area contributed by atoms with E-state index in [1.165, 1.54) is 51.6 Å². The van der Waals surface area contributed by atoms with Gasteiger partial charge in [-0.05, 0) is 44.7 Å². The van der Waals surface area contributed by atoms with Crippen LogP contribution in [0.2, 0.25) is 0 Å². The van der Waals surface area contributed by atoms with Gasteiger partial charge in [0.05, 0.1) is 0 Å². The second-order valence-corrected chi connectivity index (χ2v) is 4.14. The zero-order chi connectivity index (χ0) is 9.36. The van der Waals surface area contributed by atoms with Crippen LogP contribution in [0.3, 0.4) is 0 Å². The zero-order valence-corrected chi connectivity index (χ0v) is 8.73. The van der Waals surface area contributed by atoms with Gasteiger partial charge in [0, 0.05) is 0 Å². The number of rotatable bonds is 6. The van der Waals surface area contributed by atoms with Gasteiger partial charge in [-0.1, -0.05) is 25.3 Å². The molecule has 1 saturated carbocycles. The van der Waals surface area contributed by atoms with E-state index in [1.54, 1.807) is 0 Å². The first-order valence-electron chi connectivity index (χ1n) is 5.75.